The normalized spacial score (nSPS) is 25.3. The predicted molar refractivity (Wildman–Crippen MR) is 58.5 cm³/mol. The molecule has 2 rings (SSSR count). The molecule has 0 spiro atoms. The summed E-state index contributed by atoms with van der Waals surface area (Å²) in [5, 5.41) is 9.17. The lowest BCUT2D eigenvalue weighted by Crippen LogP contribution is -2.38. The van der Waals surface area contributed by atoms with Crippen LogP contribution in [0.25, 0.3) is 0 Å². The molecule has 84 valence electrons. The van der Waals surface area contributed by atoms with E-state index in [0.717, 1.165) is 25.3 Å². The lowest BCUT2D eigenvalue weighted by Gasteiger charge is -2.35. The van der Waals surface area contributed by atoms with Crippen molar-refractivity contribution in [2.75, 3.05) is 19.7 Å². The molecular formula is C12H19NO2. The number of furan rings is 1. The van der Waals surface area contributed by atoms with Crippen molar-refractivity contribution in [2.24, 2.45) is 5.92 Å². The molecule has 1 aliphatic rings. The molecule has 1 aliphatic heterocycles. The topological polar surface area (TPSA) is 36.6 Å². The summed E-state index contributed by atoms with van der Waals surface area (Å²) in [6.45, 7) is 4.57. The van der Waals surface area contributed by atoms with Gasteiger partial charge in [0.05, 0.1) is 12.3 Å². The van der Waals surface area contributed by atoms with Gasteiger partial charge in [0.15, 0.2) is 0 Å². The Morgan fingerprint density at radius 1 is 1.67 bits per heavy atom. The zero-order valence-corrected chi connectivity index (χ0v) is 9.22. The van der Waals surface area contributed by atoms with Crippen LogP contribution >= 0.6 is 0 Å². The van der Waals surface area contributed by atoms with Gasteiger partial charge in [-0.2, -0.15) is 0 Å². The van der Waals surface area contributed by atoms with Crippen molar-refractivity contribution < 1.29 is 9.52 Å². The van der Waals surface area contributed by atoms with Gasteiger partial charge in [-0.1, -0.05) is 0 Å². The predicted octanol–water partition coefficient (Wildman–Crippen LogP) is 2.04. The lowest BCUT2D eigenvalue weighted by atomic mass is 9.97. The first kappa shape index (κ1) is 10.7. The summed E-state index contributed by atoms with van der Waals surface area (Å²) < 4.78 is 5.41. The molecule has 0 aliphatic carbocycles. The van der Waals surface area contributed by atoms with Gasteiger partial charge in [-0.25, -0.2) is 0 Å². The number of rotatable bonds is 3. The zero-order valence-electron chi connectivity index (χ0n) is 9.22. The molecule has 1 aromatic rings. The number of likely N-dealkylation sites (tertiary alicyclic amines) is 1. The molecule has 1 N–H and O–H groups in total. The van der Waals surface area contributed by atoms with E-state index in [1.54, 1.807) is 6.26 Å². The summed E-state index contributed by atoms with van der Waals surface area (Å²) in [5.41, 5.74) is 0. The number of hydrogen-bond donors (Lipinski definition) is 1. The summed E-state index contributed by atoms with van der Waals surface area (Å²) in [6.07, 6.45) is 4.05. The average molecular weight is 209 g/mol. The van der Waals surface area contributed by atoms with Gasteiger partial charge < -0.3 is 9.52 Å². The van der Waals surface area contributed by atoms with Gasteiger partial charge in [-0.15, -0.1) is 0 Å². The largest absolute Gasteiger partial charge is 0.468 e. The second kappa shape index (κ2) is 4.81. The molecule has 2 atom stereocenters. The number of aliphatic hydroxyl groups is 1. The van der Waals surface area contributed by atoms with Crippen LogP contribution in [-0.2, 0) is 0 Å². The van der Waals surface area contributed by atoms with Crippen LogP contribution in [0.1, 0.15) is 31.6 Å². The molecule has 2 heterocycles. The standard InChI is InChI=1S/C12H19NO2/c1-10(12-5-3-7-15-12)13-6-2-4-11(8-13)9-14/h3,5,7,10-11,14H,2,4,6,8-9H2,1H3/t10-,11+/m1/s1. The van der Waals surface area contributed by atoms with Crippen LogP contribution in [0.15, 0.2) is 22.8 Å². The highest BCUT2D eigenvalue weighted by Gasteiger charge is 2.24. The Labute approximate surface area is 90.7 Å². The van der Waals surface area contributed by atoms with E-state index in [9.17, 15) is 5.11 Å². The first-order chi connectivity index (χ1) is 7.31. The molecule has 0 unspecified atom stereocenters. The smallest absolute Gasteiger partial charge is 0.120 e. The molecule has 3 heteroatoms. The van der Waals surface area contributed by atoms with Crippen molar-refractivity contribution in [3.8, 4) is 0 Å². The van der Waals surface area contributed by atoms with Gasteiger partial charge in [0.1, 0.15) is 5.76 Å². The number of nitrogens with zero attached hydrogens (tertiary/aromatic N) is 1. The minimum absolute atomic E-state index is 0.307. The average Bonchev–Trinajstić information content (AvgIpc) is 2.81. The van der Waals surface area contributed by atoms with Gasteiger partial charge in [0.25, 0.3) is 0 Å². The maximum absolute atomic E-state index is 9.17. The van der Waals surface area contributed by atoms with Crippen molar-refractivity contribution in [1.29, 1.82) is 0 Å². The lowest BCUT2D eigenvalue weighted by molar-refractivity contribution is 0.0857. The van der Waals surface area contributed by atoms with E-state index in [4.69, 9.17) is 4.42 Å². The van der Waals surface area contributed by atoms with Gasteiger partial charge in [-0.3, -0.25) is 4.90 Å². The molecule has 1 aromatic heterocycles. The van der Waals surface area contributed by atoms with Gasteiger partial charge in [0, 0.05) is 13.2 Å². The minimum atomic E-state index is 0.307. The van der Waals surface area contributed by atoms with E-state index >= 15 is 0 Å². The highest BCUT2D eigenvalue weighted by Crippen LogP contribution is 2.26. The molecule has 15 heavy (non-hydrogen) atoms. The first-order valence-corrected chi connectivity index (χ1v) is 5.69. The van der Waals surface area contributed by atoms with E-state index in [-0.39, 0.29) is 0 Å². The molecule has 1 saturated heterocycles. The van der Waals surface area contributed by atoms with Crippen LogP contribution < -0.4 is 0 Å². The Hall–Kier alpha value is -0.800. The molecular weight excluding hydrogens is 190 g/mol. The van der Waals surface area contributed by atoms with E-state index in [2.05, 4.69) is 11.8 Å². The van der Waals surface area contributed by atoms with Crippen molar-refractivity contribution in [1.82, 2.24) is 4.90 Å². The van der Waals surface area contributed by atoms with Crippen molar-refractivity contribution >= 4 is 0 Å². The fourth-order valence-electron chi connectivity index (χ4n) is 2.31. The third-order valence-corrected chi connectivity index (χ3v) is 3.31. The zero-order chi connectivity index (χ0) is 10.7. The summed E-state index contributed by atoms with van der Waals surface area (Å²) in [6, 6.07) is 4.28. The van der Waals surface area contributed by atoms with Crippen LogP contribution in [0.4, 0.5) is 0 Å². The highest BCUT2D eigenvalue weighted by atomic mass is 16.3. The number of piperidine rings is 1. The van der Waals surface area contributed by atoms with Crippen LogP contribution in [0.5, 0.6) is 0 Å². The Morgan fingerprint density at radius 3 is 3.20 bits per heavy atom. The Morgan fingerprint density at radius 2 is 2.53 bits per heavy atom. The van der Waals surface area contributed by atoms with Gasteiger partial charge in [0.2, 0.25) is 0 Å². The Balaban J connectivity index is 1.98. The maximum Gasteiger partial charge on any atom is 0.120 e. The third-order valence-electron chi connectivity index (χ3n) is 3.31. The molecule has 3 nitrogen and oxygen atoms in total. The van der Waals surface area contributed by atoms with E-state index in [1.807, 2.05) is 12.1 Å². The highest BCUT2D eigenvalue weighted by molar-refractivity contribution is 5.03. The fourth-order valence-corrected chi connectivity index (χ4v) is 2.31. The van der Waals surface area contributed by atoms with Crippen molar-refractivity contribution in [3.05, 3.63) is 24.2 Å². The Kier molecular flexibility index (Phi) is 3.44. The summed E-state index contributed by atoms with van der Waals surface area (Å²) >= 11 is 0. The quantitative estimate of drug-likeness (QED) is 0.827. The minimum Gasteiger partial charge on any atom is -0.468 e. The van der Waals surface area contributed by atoms with Crippen LogP contribution in [0.3, 0.4) is 0 Å². The Bertz CT molecular complexity index is 284. The number of aliphatic hydroxyl groups excluding tert-OH is 1. The monoisotopic (exact) mass is 209 g/mol. The SMILES string of the molecule is C[C@H](c1ccco1)N1CCC[C@H](CO)C1. The summed E-state index contributed by atoms with van der Waals surface area (Å²) in [5.74, 6) is 1.46. The molecule has 0 aromatic carbocycles. The molecule has 0 radical (unpaired) electrons. The fraction of sp³-hybridized carbons (Fsp3) is 0.667. The third kappa shape index (κ3) is 2.41. The molecule has 0 saturated carbocycles. The van der Waals surface area contributed by atoms with Crippen molar-refractivity contribution in [2.45, 2.75) is 25.8 Å². The summed E-state index contributed by atoms with van der Waals surface area (Å²) in [7, 11) is 0. The van der Waals surface area contributed by atoms with Gasteiger partial charge >= 0.3 is 0 Å². The summed E-state index contributed by atoms with van der Waals surface area (Å²) in [4.78, 5) is 2.39. The number of hydrogen-bond acceptors (Lipinski definition) is 3. The van der Waals surface area contributed by atoms with Crippen LogP contribution in [0, 0.1) is 5.92 Å². The van der Waals surface area contributed by atoms with Crippen molar-refractivity contribution in [3.63, 3.8) is 0 Å². The van der Waals surface area contributed by atoms with E-state index in [1.165, 1.54) is 6.42 Å². The second-order valence-corrected chi connectivity index (χ2v) is 4.38. The second-order valence-electron chi connectivity index (χ2n) is 4.38. The van der Waals surface area contributed by atoms with Gasteiger partial charge in [-0.05, 0) is 44.4 Å². The van der Waals surface area contributed by atoms with Crippen LogP contribution in [-0.4, -0.2) is 29.7 Å². The molecule has 0 amide bonds. The van der Waals surface area contributed by atoms with E-state index < -0.39 is 0 Å². The maximum atomic E-state index is 9.17. The van der Waals surface area contributed by atoms with E-state index in [0.29, 0.717) is 18.6 Å². The molecule has 0 bridgehead atoms. The molecule has 1 fully saturated rings. The van der Waals surface area contributed by atoms with Crippen LogP contribution in [0.2, 0.25) is 0 Å². The first-order valence-electron chi connectivity index (χ1n) is 5.69.